The van der Waals surface area contributed by atoms with Crippen LogP contribution in [0, 0.1) is 5.92 Å². The molecule has 0 bridgehead atoms. The highest BCUT2D eigenvalue weighted by Gasteiger charge is 2.18. The second kappa shape index (κ2) is 4.78. The van der Waals surface area contributed by atoms with E-state index in [0.29, 0.717) is 12.5 Å². The number of hydrogen-bond donors (Lipinski definition) is 1. The maximum atomic E-state index is 11.2. The fourth-order valence-corrected chi connectivity index (χ4v) is 2.40. The Bertz CT molecular complexity index is 426. The third-order valence-electron chi connectivity index (χ3n) is 3.24. The highest BCUT2D eigenvalue weighted by molar-refractivity contribution is 5.72. The topological polar surface area (TPSA) is 46.3 Å². The van der Waals surface area contributed by atoms with E-state index in [9.17, 15) is 4.79 Å². The average Bonchev–Trinajstić information content (AvgIpc) is 2.27. The first-order chi connectivity index (χ1) is 8.06. The van der Waals surface area contributed by atoms with Crippen LogP contribution in [-0.2, 0) is 19.4 Å². The van der Waals surface area contributed by atoms with E-state index < -0.39 is 0 Å². The molecule has 0 atom stereocenters. The molecule has 1 aliphatic heterocycles. The van der Waals surface area contributed by atoms with Crippen LogP contribution in [-0.4, -0.2) is 17.5 Å². The number of rotatable bonds is 2. The zero-order valence-electron chi connectivity index (χ0n) is 10.6. The van der Waals surface area contributed by atoms with E-state index in [1.165, 1.54) is 16.7 Å². The molecule has 2 rings (SSSR count). The van der Waals surface area contributed by atoms with Crippen molar-refractivity contribution in [3.8, 4) is 0 Å². The predicted octanol–water partition coefficient (Wildman–Crippen LogP) is 2.32. The van der Waals surface area contributed by atoms with E-state index in [0.717, 1.165) is 19.4 Å². The summed E-state index contributed by atoms with van der Waals surface area (Å²) in [6.07, 6.45) is 2.00. The molecular weight excluding hydrogens is 212 g/mol. The molecule has 0 fully saturated rings. The van der Waals surface area contributed by atoms with Crippen molar-refractivity contribution < 1.29 is 4.79 Å². The number of hydrogen-bond acceptors (Lipinski definition) is 1. The monoisotopic (exact) mass is 232 g/mol. The number of benzene rings is 1. The summed E-state index contributed by atoms with van der Waals surface area (Å²) in [5, 5.41) is 0. The van der Waals surface area contributed by atoms with E-state index >= 15 is 0 Å². The van der Waals surface area contributed by atoms with E-state index in [2.05, 4.69) is 32.0 Å². The molecule has 0 radical (unpaired) electrons. The minimum atomic E-state index is -0.315. The van der Waals surface area contributed by atoms with Gasteiger partial charge in [-0.25, -0.2) is 4.79 Å². The maximum absolute atomic E-state index is 11.2. The Labute approximate surface area is 103 Å². The number of carbonyl (C=O) groups is 1. The highest BCUT2D eigenvalue weighted by atomic mass is 16.2. The minimum Gasteiger partial charge on any atom is -0.351 e. The summed E-state index contributed by atoms with van der Waals surface area (Å²) < 4.78 is 0. The van der Waals surface area contributed by atoms with Crippen molar-refractivity contribution in [3.05, 3.63) is 34.9 Å². The molecule has 3 nitrogen and oxygen atoms in total. The van der Waals surface area contributed by atoms with Gasteiger partial charge in [-0.05, 0) is 35.4 Å². The van der Waals surface area contributed by atoms with Gasteiger partial charge in [-0.2, -0.15) is 0 Å². The molecule has 1 heterocycles. The van der Waals surface area contributed by atoms with Crippen LogP contribution in [0.3, 0.4) is 0 Å². The fourth-order valence-electron chi connectivity index (χ4n) is 2.40. The van der Waals surface area contributed by atoms with Crippen molar-refractivity contribution in [1.82, 2.24) is 4.90 Å². The first kappa shape index (κ1) is 12.0. The molecule has 3 heteroatoms. The van der Waals surface area contributed by atoms with Gasteiger partial charge >= 0.3 is 6.03 Å². The summed E-state index contributed by atoms with van der Waals surface area (Å²) in [7, 11) is 0. The Morgan fingerprint density at radius 1 is 1.41 bits per heavy atom. The summed E-state index contributed by atoms with van der Waals surface area (Å²) >= 11 is 0. The normalized spacial score (nSPS) is 14.9. The van der Waals surface area contributed by atoms with E-state index in [4.69, 9.17) is 5.73 Å². The first-order valence-corrected chi connectivity index (χ1v) is 6.21. The molecule has 17 heavy (non-hydrogen) atoms. The van der Waals surface area contributed by atoms with Crippen LogP contribution >= 0.6 is 0 Å². The lowest BCUT2D eigenvalue weighted by molar-refractivity contribution is 0.202. The molecule has 0 saturated carbocycles. The van der Waals surface area contributed by atoms with Crippen LogP contribution in [0.4, 0.5) is 4.79 Å². The molecule has 1 aliphatic rings. The van der Waals surface area contributed by atoms with E-state index in [1.54, 1.807) is 4.90 Å². The third kappa shape index (κ3) is 2.78. The molecule has 0 spiro atoms. The largest absolute Gasteiger partial charge is 0.351 e. The zero-order valence-corrected chi connectivity index (χ0v) is 10.6. The second-order valence-corrected chi connectivity index (χ2v) is 5.21. The van der Waals surface area contributed by atoms with Crippen LogP contribution in [0.25, 0.3) is 0 Å². The molecule has 0 unspecified atom stereocenters. The van der Waals surface area contributed by atoms with Crippen LogP contribution in [0.5, 0.6) is 0 Å². The standard InChI is InChI=1S/C14H20N2O/c1-10(2)7-11-3-4-12-5-6-16(14(15)17)9-13(12)8-11/h3-4,8,10H,5-7,9H2,1-2H3,(H2,15,17). The van der Waals surface area contributed by atoms with Gasteiger partial charge < -0.3 is 10.6 Å². The first-order valence-electron chi connectivity index (χ1n) is 6.21. The molecule has 0 aliphatic carbocycles. The lowest BCUT2D eigenvalue weighted by Gasteiger charge is -2.27. The van der Waals surface area contributed by atoms with Crippen LogP contribution in [0.15, 0.2) is 18.2 Å². The number of carbonyl (C=O) groups excluding carboxylic acids is 1. The van der Waals surface area contributed by atoms with Gasteiger partial charge in [0, 0.05) is 13.1 Å². The quantitative estimate of drug-likeness (QED) is 0.835. The molecule has 1 aromatic rings. The Hall–Kier alpha value is -1.51. The maximum Gasteiger partial charge on any atom is 0.315 e. The Kier molecular flexibility index (Phi) is 3.36. The van der Waals surface area contributed by atoms with Gasteiger partial charge in [-0.1, -0.05) is 32.0 Å². The van der Waals surface area contributed by atoms with Crippen molar-refractivity contribution in [2.75, 3.05) is 6.54 Å². The lowest BCUT2D eigenvalue weighted by atomic mass is 9.94. The Morgan fingerprint density at radius 3 is 2.82 bits per heavy atom. The zero-order chi connectivity index (χ0) is 12.4. The Balaban J connectivity index is 2.19. The summed E-state index contributed by atoms with van der Waals surface area (Å²) in [6.45, 7) is 5.84. The van der Waals surface area contributed by atoms with Gasteiger partial charge in [0.05, 0.1) is 0 Å². The van der Waals surface area contributed by atoms with Crippen molar-refractivity contribution in [2.24, 2.45) is 11.7 Å². The molecule has 2 amide bonds. The number of nitrogens with two attached hydrogens (primary N) is 1. The van der Waals surface area contributed by atoms with Gasteiger partial charge in [0.2, 0.25) is 0 Å². The predicted molar refractivity (Wildman–Crippen MR) is 68.7 cm³/mol. The summed E-state index contributed by atoms with van der Waals surface area (Å²) in [5.74, 6) is 0.656. The van der Waals surface area contributed by atoms with Crippen LogP contribution in [0.1, 0.15) is 30.5 Å². The van der Waals surface area contributed by atoms with Crippen molar-refractivity contribution in [2.45, 2.75) is 33.2 Å². The van der Waals surface area contributed by atoms with E-state index in [-0.39, 0.29) is 6.03 Å². The summed E-state index contributed by atoms with van der Waals surface area (Å²) in [5.41, 5.74) is 9.30. The molecular formula is C14H20N2O. The van der Waals surface area contributed by atoms with E-state index in [1.807, 2.05) is 0 Å². The van der Waals surface area contributed by atoms with Gasteiger partial charge in [-0.15, -0.1) is 0 Å². The van der Waals surface area contributed by atoms with Gasteiger partial charge in [0.1, 0.15) is 0 Å². The lowest BCUT2D eigenvalue weighted by Crippen LogP contribution is -2.39. The smallest absolute Gasteiger partial charge is 0.315 e. The summed E-state index contributed by atoms with van der Waals surface area (Å²) in [6, 6.07) is 6.32. The molecule has 0 aromatic heterocycles. The highest BCUT2D eigenvalue weighted by Crippen LogP contribution is 2.21. The van der Waals surface area contributed by atoms with Crippen molar-refractivity contribution in [3.63, 3.8) is 0 Å². The van der Waals surface area contributed by atoms with Crippen molar-refractivity contribution in [1.29, 1.82) is 0 Å². The van der Waals surface area contributed by atoms with Crippen LogP contribution in [0.2, 0.25) is 0 Å². The number of primary amides is 1. The van der Waals surface area contributed by atoms with Gasteiger partial charge in [0.25, 0.3) is 0 Å². The average molecular weight is 232 g/mol. The molecule has 2 N–H and O–H groups in total. The SMILES string of the molecule is CC(C)Cc1ccc2c(c1)CN(C(N)=O)CC2. The van der Waals surface area contributed by atoms with Crippen LogP contribution < -0.4 is 5.73 Å². The van der Waals surface area contributed by atoms with Gasteiger partial charge in [0.15, 0.2) is 0 Å². The molecule has 0 saturated heterocycles. The molecule has 1 aromatic carbocycles. The third-order valence-corrected chi connectivity index (χ3v) is 3.24. The molecule has 92 valence electrons. The summed E-state index contributed by atoms with van der Waals surface area (Å²) in [4.78, 5) is 12.9. The number of amides is 2. The Morgan fingerprint density at radius 2 is 2.18 bits per heavy atom. The van der Waals surface area contributed by atoms with Crippen molar-refractivity contribution >= 4 is 6.03 Å². The minimum absolute atomic E-state index is 0.315. The van der Waals surface area contributed by atoms with Gasteiger partial charge in [-0.3, -0.25) is 0 Å². The fraction of sp³-hybridized carbons (Fsp3) is 0.500. The number of urea groups is 1. The second-order valence-electron chi connectivity index (χ2n) is 5.21. The number of nitrogens with zero attached hydrogens (tertiary/aromatic N) is 1. The number of fused-ring (bicyclic) bond motifs is 1.